The number of aliphatic hydroxyl groups is 2. The van der Waals surface area contributed by atoms with Crippen molar-refractivity contribution in [3.8, 4) is 0 Å². The van der Waals surface area contributed by atoms with Gasteiger partial charge in [-0.25, -0.2) is 0 Å². The van der Waals surface area contributed by atoms with Crippen LogP contribution in [0.15, 0.2) is 24.3 Å². The first-order chi connectivity index (χ1) is 48.0. The standard InChI is InChI=1S/C91H177NO5/c1-3-5-7-9-11-13-15-17-19-21-22-23-24-42-45-48-52-55-59-63-67-71-75-79-83-89(94)88(87-93)92-90(95)84-80-76-72-68-64-60-56-53-49-46-43-40-38-36-34-32-30-28-26-25-27-29-31-33-35-37-39-41-44-47-50-54-58-62-66-70-74-78-82-86-97-91(96)85-81-77-73-69-65-61-57-51-20-18-16-14-12-10-8-6-4-2/h25-26,29,31,88-89,93-94H,3-24,27-28,30,32-87H2,1-2H3,(H,92,95)/b26-25-,31-29-. The Kier molecular flexibility index (Phi) is 85.3. The van der Waals surface area contributed by atoms with E-state index in [-0.39, 0.29) is 18.5 Å². The summed E-state index contributed by atoms with van der Waals surface area (Å²) in [6.45, 7) is 5.03. The number of amides is 1. The maximum Gasteiger partial charge on any atom is 0.305 e. The van der Waals surface area contributed by atoms with Gasteiger partial charge in [-0.3, -0.25) is 9.59 Å². The number of aliphatic hydroxyl groups excluding tert-OH is 2. The molecule has 6 nitrogen and oxygen atoms in total. The third-order valence-corrected chi connectivity index (χ3v) is 21.5. The number of esters is 1. The first-order valence-electron chi connectivity index (χ1n) is 45.1. The summed E-state index contributed by atoms with van der Waals surface area (Å²) >= 11 is 0. The summed E-state index contributed by atoms with van der Waals surface area (Å²) in [5, 5.41) is 23.5. The molecule has 0 aliphatic carbocycles. The Morgan fingerprint density at radius 1 is 0.289 bits per heavy atom. The van der Waals surface area contributed by atoms with Gasteiger partial charge in [0.15, 0.2) is 0 Å². The minimum absolute atomic E-state index is 0.0254. The van der Waals surface area contributed by atoms with Gasteiger partial charge >= 0.3 is 5.97 Å². The lowest BCUT2D eigenvalue weighted by Gasteiger charge is -2.22. The summed E-state index contributed by atoms with van der Waals surface area (Å²) in [6.07, 6.45) is 113. The predicted octanol–water partition coefficient (Wildman–Crippen LogP) is 30.3. The number of carbonyl (C=O) groups is 2. The molecule has 6 heteroatoms. The number of hydrogen-bond donors (Lipinski definition) is 3. The minimum Gasteiger partial charge on any atom is -0.466 e. The van der Waals surface area contributed by atoms with Crippen LogP contribution in [0.1, 0.15) is 521 Å². The van der Waals surface area contributed by atoms with Crippen LogP contribution in [-0.4, -0.2) is 47.4 Å². The second-order valence-corrected chi connectivity index (χ2v) is 31.3. The lowest BCUT2D eigenvalue weighted by atomic mass is 10.0. The minimum atomic E-state index is -0.664. The van der Waals surface area contributed by atoms with Crippen LogP contribution in [0, 0.1) is 0 Å². The second-order valence-electron chi connectivity index (χ2n) is 31.3. The van der Waals surface area contributed by atoms with Gasteiger partial charge < -0.3 is 20.3 Å². The van der Waals surface area contributed by atoms with E-state index in [0.717, 1.165) is 44.9 Å². The molecule has 0 aliphatic rings. The van der Waals surface area contributed by atoms with E-state index >= 15 is 0 Å². The molecule has 2 atom stereocenters. The summed E-state index contributed by atoms with van der Waals surface area (Å²) in [5.41, 5.74) is 0. The van der Waals surface area contributed by atoms with E-state index < -0.39 is 12.1 Å². The Morgan fingerprint density at radius 2 is 0.515 bits per heavy atom. The smallest absolute Gasteiger partial charge is 0.305 e. The zero-order chi connectivity index (χ0) is 69.8. The van der Waals surface area contributed by atoms with Gasteiger partial charge in [-0.05, 0) is 57.8 Å². The van der Waals surface area contributed by atoms with Crippen LogP contribution < -0.4 is 5.32 Å². The maximum absolute atomic E-state index is 12.6. The van der Waals surface area contributed by atoms with Gasteiger partial charge in [0.05, 0.1) is 25.4 Å². The van der Waals surface area contributed by atoms with Gasteiger partial charge in [0.2, 0.25) is 5.91 Å². The van der Waals surface area contributed by atoms with Crippen molar-refractivity contribution in [3.63, 3.8) is 0 Å². The molecule has 0 heterocycles. The molecule has 0 aromatic rings. The molecule has 2 unspecified atom stereocenters. The predicted molar refractivity (Wildman–Crippen MR) is 430 cm³/mol. The number of allylic oxidation sites excluding steroid dienone is 4. The van der Waals surface area contributed by atoms with Crippen molar-refractivity contribution < 1.29 is 24.5 Å². The van der Waals surface area contributed by atoms with Crippen LogP contribution in [-0.2, 0) is 14.3 Å². The monoisotopic (exact) mass is 1360 g/mol. The van der Waals surface area contributed by atoms with Crippen LogP contribution in [0.25, 0.3) is 0 Å². The van der Waals surface area contributed by atoms with Crippen LogP contribution >= 0.6 is 0 Å². The molecule has 0 fully saturated rings. The summed E-state index contributed by atoms with van der Waals surface area (Å²) < 4.78 is 5.52. The number of hydrogen-bond acceptors (Lipinski definition) is 5. The van der Waals surface area contributed by atoms with Gasteiger partial charge in [0.1, 0.15) is 0 Å². The molecule has 576 valence electrons. The van der Waals surface area contributed by atoms with E-state index in [0.29, 0.717) is 25.9 Å². The van der Waals surface area contributed by atoms with E-state index in [1.807, 2.05) is 0 Å². The highest BCUT2D eigenvalue weighted by Crippen LogP contribution is 2.21. The summed E-state index contributed by atoms with van der Waals surface area (Å²) in [6, 6.07) is -0.541. The van der Waals surface area contributed by atoms with Crippen molar-refractivity contribution in [2.45, 2.75) is 533 Å². The Morgan fingerprint density at radius 3 is 0.784 bits per heavy atom. The quantitative estimate of drug-likeness (QED) is 0.0320. The molecule has 0 saturated heterocycles. The fourth-order valence-corrected chi connectivity index (χ4v) is 14.7. The fourth-order valence-electron chi connectivity index (χ4n) is 14.7. The van der Waals surface area contributed by atoms with Gasteiger partial charge in [0.25, 0.3) is 0 Å². The molecule has 0 bridgehead atoms. The molecule has 3 N–H and O–H groups in total. The SMILES string of the molecule is CCCCCCCCCCCCCCCCCCCCCCCCCCC(O)C(CO)NC(=O)CCCCCCCCCCCCCCCCCCC/C=C\C/C=C\CCCCCCCCCCCCCCCCCOC(=O)CCCCCCCCCCCCCCCCCCC. The maximum atomic E-state index is 12.6. The third-order valence-electron chi connectivity index (χ3n) is 21.5. The molecule has 0 spiro atoms. The summed E-state index contributed by atoms with van der Waals surface area (Å²) in [4.78, 5) is 24.7. The molecule has 1 amide bonds. The lowest BCUT2D eigenvalue weighted by Crippen LogP contribution is -2.45. The van der Waals surface area contributed by atoms with Crippen LogP contribution in [0.5, 0.6) is 0 Å². The van der Waals surface area contributed by atoms with Crippen LogP contribution in [0.4, 0.5) is 0 Å². The van der Waals surface area contributed by atoms with Crippen molar-refractivity contribution in [2.75, 3.05) is 13.2 Å². The van der Waals surface area contributed by atoms with E-state index in [9.17, 15) is 19.8 Å². The molecule has 0 radical (unpaired) electrons. The molecular formula is C91H177NO5. The zero-order valence-corrected chi connectivity index (χ0v) is 66.4. The number of ether oxygens (including phenoxy) is 1. The molecule has 0 aromatic heterocycles. The molecule has 0 aliphatic heterocycles. The lowest BCUT2D eigenvalue weighted by molar-refractivity contribution is -0.143. The highest BCUT2D eigenvalue weighted by Gasteiger charge is 2.20. The highest BCUT2D eigenvalue weighted by molar-refractivity contribution is 5.76. The molecule has 0 saturated carbocycles. The van der Waals surface area contributed by atoms with Crippen LogP contribution in [0.3, 0.4) is 0 Å². The van der Waals surface area contributed by atoms with Crippen molar-refractivity contribution in [1.82, 2.24) is 5.32 Å². The Labute approximate surface area is 609 Å². The van der Waals surface area contributed by atoms with Gasteiger partial charge in [0, 0.05) is 12.8 Å². The van der Waals surface area contributed by atoms with Crippen molar-refractivity contribution in [2.24, 2.45) is 0 Å². The third kappa shape index (κ3) is 83.2. The number of nitrogens with one attached hydrogen (secondary N) is 1. The largest absolute Gasteiger partial charge is 0.466 e. The van der Waals surface area contributed by atoms with Gasteiger partial charge in [-0.1, -0.05) is 475 Å². The molecule has 0 aromatic carbocycles. The topological polar surface area (TPSA) is 95.9 Å². The van der Waals surface area contributed by atoms with Crippen LogP contribution in [0.2, 0.25) is 0 Å². The number of rotatable bonds is 86. The Hall–Kier alpha value is -1.66. The fraction of sp³-hybridized carbons (Fsp3) is 0.934. The Balaban J connectivity index is 3.34. The van der Waals surface area contributed by atoms with Crippen molar-refractivity contribution in [3.05, 3.63) is 24.3 Å². The second kappa shape index (κ2) is 86.7. The first kappa shape index (κ1) is 95.3. The summed E-state index contributed by atoms with van der Waals surface area (Å²) in [5.74, 6) is 0.000219. The zero-order valence-electron chi connectivity index (χ0n) is 66.4. The van der Waals surface area contributed by atoms with Gasteiger partial charge in [-0.2, -0.15) is 0 Å². The molecule has 0 rings (SSSR count). The Bertz CT molecular complexity index is 1530. The number of unbranched alkanes of at least 4 members (excludes halogenated alkanes) is 71. The van der Waals surface area contributed by atoms with E-state index in [4.69, 9.17) is 4.74 Å². The van der Waals surface area contributed by atoms with Gasteiger partial charge in [-0.15, -0.1) is 0 Å². The van der Waals surface area contributed by atoms with Crippen molar-refractivity contribution >= 4 is 11.9 Å². The average Bonchev–Trinajstić information content (AvgIpc) is 2.81. The molecular weight excluding hydrogens is 1190 g/mol. The van der Waals surface area contributed by atoms with Crippen molar-refractivity contribution in [1.29, 1.82) is 0 Å². The van der Waals surface area contributed by atoms with E-state index in [2.05, 4.69) is 43.5 Å². The van der Waals surface area contributed by atoms with E-state index in [1.54, 1.807) is 0 Å². The number of carbonyl (C=O) groups excluding carboxylic acids is 2. The van der Waals surface area contributed by atoms with E-state index in [1.165, 1.54) is 443 Å². The highest BCUT2D eigenvalue weighted by atomic mass is 16.5. The summed E-state index contributed by atoms with van der Waals surface area (Å²) in [7, 11) is 0. The normalized spacial score (nSPS) is 12.5. The first-order valence-corrected chi connectivity index (χ1v) is 45.1. The average molecular weight is 1370 g/mol. The molecule has 97 heavy (non-hydrogen) atoms.